The van der Waals surface area contributed by atoms with Crippen molar-refractivity contribution in [3.63, 3.8) is 0 Å². The number of nitrogens with zero attached hydrogens (tertiary/aromatic N) is 1. The van der Waals surface area contributed by atoms with E-state index >= 15 is 0 Å². The Morgan fingerprint density at radius 2 is 1.93 bits per heavy atom. The molecule has 3 nitrogen and oxygen atoms in total. The van der Waals surface area contributed by atoms with E-state index in [0.717, 1.165) is 41.3 Å². The van der Waals surface area contributed by atoms with Gasteiger partial charge in [-0.05, 0) is 59.4 Å². The third kappa shape index (κ3) is 3.19. The minimum Gasteiger partial charge on any atom is -0.358 e. The molecule has 1 atom stereocenters. The summed E-state index contributed by atoms with van der Waals surface area (Å²) in [5, 5.41) is 3.32. The molecule has 0 saturated heterocycles. The number of amides is 1. The molecule has 1 unspecified atom stereocenters. The lowest BCUT2D eigenvalue weighted by Crippen LogP contribution is -2.41. The smallest absolute Gasteiger partial charge is 0.220 e. The quantitative estimate of drug-likeness (QED) is 0.505. The molecule has 1 heterocycles. The average molecular weight is 386 g/mol. The van der Waals surface area contributed by atoms with E-state index < -0.39 is 0 Å². The van der Waals surface area contributed by atoms with Gasteiger partial charge in [0.2, 0.25) is 5.91 Å². The standard InChI is InChI=1S/C25H23FN2O/c1-16(29)28(15-18-7-4-6-17-5-2-3-8-21(17)18)20-10-12-25-23(14-20)22-13-19(26)9-11-24(22)27-25/h2-9,11,13,20,27H,10,12,14-15H2,1H3. The van der Waals surface area contributed by atoms with E-state index in [0.29, 0.717) is 6.54 Å². The number of hydrogen-bond acceptors (Lipinski definition) is 1. The molecule has 0 radical (unpaired) electrons. The van der Waals surface area contributed by atoms with Gasteiger partial charge in [0.15, 0.2) is 0 Å². The van der Waals surface area contributed by atoms with Crippen LogP contribution in [0.3, 0.4) is 0 Å². The van der Waals surface area contributed by atoms with Gasteiger partial charge in [-0.15, -0.1) is 0 Å². The van der Waals surface area contributed by atoms with Crippen LogP contribution in [-0.4, -0.2) is 21.8 Å². The van der Waals surface area contributed by atoms with Crippen LogP contribution in [0, 0.1) is 5.82 Å². The van der Waals surface area contributed by atoms with Crippen LogP contribution in [0.2, 0.25) is 0 Å². The number of benzene rings is 3. The second-order valence-electron chi connectivity index (χ2n) is 7.95. The van der Waals surface area contributed by atoms with Gasteiger partial charge in [0.05, 0.1) is 0 Å². The fourth-order valence-corrected chi connectivity index (χ4v) is 4.75. The molecule has 1 amide bonds. The summed E-state index contributed by atoms with van der Waals surface area (Å²) in [6.45, 7) is 2.24. The van der Waals surface area contributed by atoms with Gasteiger partial charge >= 0.3 is 0 Å². The molecule has 0 bridgehead atoms. The minimum absolute atomic E-state index is 0.0809. The lowest BCUT2D eigenvalue weighted by Gasteiger charge is -2.34. The third-order valence-corrected chi connectivity index (χ3v) is 6.19. The number of aromatic amines is 1. The highest BCUT2D eigenvalue weighted by atomic mass is 19.1. The van der Waals surface area contributed by atoms with Gasteiger partial charge in [0.25, 0.3) is 0 Å². The zero-order valence-electron chi connectivity index (χ0n) is 16.4. The number of halogens is 1. The Balaban J connectivity index is 1.49. The van der Waals surface area contributed by atoms with Crippen molar-refractivity contribution < 1.29 is 9.18 Å². The maximum Gasteiger partial charge on any atom is 0.220 e. The van der Waals surface area contributed by atoms with Gasteiger partial charge < -0.3 is 9.88 Å². The molecule has 0 saturated carbocycles. The fraction of sp³-hybridized carbons (Fsp3) is 0.240. The number of carbonyl (C=O) groups excluding carboxylic acids is 1. The highest BCUT2D eigenvalue weighted by Crippen LogP contribution is 2.32. The Labute approximate surface area is 169 Å². The number of nitrogens with one attached hydrogen (secondary N) is 1. The highest BCUT2D eigenvalue weighted by molar-refractivity contribution is 5.87. The third-order valence-electron chi connectivity index (χ3n) is 6.19. The average Bonchev–Trinajstić information content (AvgIpc) is 3.09. The summed E-state index contributed by atoms with van der Waals surface area (Å²) in [7, 11) is 0. The molecule has 146 valence electrons. The normalized spacial score (nSPS) is 16.1. The van der Waals surface area contributed by atoms with Crippen LogP contribution in [-0.2, 0) is 24.2 Å². The van der Waals surface area contributed by atoms with Crippen LogP contribution >= 0.6 is 0 Å². The first kappa shape index (κ1) is 17.9. The number of fused-ring (bicyclic) bond motifs is 4. The minimum atomic E-state index is -0.222. The molecule has 29 heavy (non-hydrogen) atoms. The van der Waals surface area contributed by atoms with Crippen molar-refractivity contribution in [1.82, 2.24) is 9.88 Å². The zero-order valence-corrected chi connectivity index (χ0v) is 16.4. The van der Waals surface area contributed by atoms with Crippen molar-refractivity contribution in [3.8, 4) is 0 Å². The maximum atomic E-state index is 13.8. The van der Waals surface area contributed by atoms with E-state index in [-0.39, 0.29) is 17.8 Å². The summed E-state index contributed by atoms with van der Waals surface area (Å²) in [6.07, 6.45) is 2.53. The first-order valence-electron chi connectivity index (χ1n) is 10.1. The molecule has 3 aromatic carbocycles. The molecule has 1 aliphatic rings. The van der Waals surface area contributed by atoms with Crippen LogP contribution in [0.4, 0.5) is 4.39 Å². The van der Waals surface area contributed by atoms with Crippen molar-refractivity contribution in [1.29, 1.82) is 0 Å². The van der Waals surface area contributed by atoms with Gasteiger partial charge in [-0.3, -0.25) is 4.79 Å². The summed E-state index contributed by atoms with van der Waals surface area (Å²) in [6, 6.07) is 19.6. The van der Waals surface area contributed by atoms with Crippen LogP contribution in [0.1, 0.15) is 30.2 Å². The largest absolute Gasteiger partial charge is 0.358 e. The van der Waals surface area contributed by atoms with Crippen LogP contribution in [0.15, 0.2) is 60.7 Å². The molecule has 0 aliphatic heterocycles. The summed E-state index contributed by atoms with van der Waals surface area (Å²) in [5.41, 5.74) is 4.46. The van der Waals surface area contributed by atoms with Gasteiger partial charge in [0.1, 0.15) is 5.82 Å². The Kier molecular flexibility index (Phi) is 4.35. The lowest BCUT2D eigenvalue weighted by molar-refractivity contribution is -0.132. The number of H-pyrrole nitrogens is 1. The molecule has 1 aliphatic carbocycles. The molecule has 4 aromatic rings. The first-order chi connectivity index (χ1) is 14.1. The number of aryl methyl sites for hydroxylation is 1. The summed E-state index contributed by atoms with van der Waals surface area (Å²) in [4.78, 5) is 18.0. The first-order valence-corrected chi connectivity index (χ1v) is 10.1. The topological polar surface area (TPSA) is 36.1 Å². The monoisotopic (exact) mass is 386 g/mol. The van der Waals surface area contributed by atoms with Crippen molar-refractivity contribution in [2.24, 2.45) is 0 Å². The predicted octanol–water partition coefficient (Wildman–Crippen LogP) is 5.37. The fourth-order valence-electron chi connectivity index (χ4n) is 4.75. The number of aromatic nitrogens is 1. The SMILES string of the molecule is CC(=O)N(Cc1cccc2ccccc12)C1CCc2[nH]c3ccc(F)cc3c2C1. The van der Waals surface area contributed by atoms with E-state index in [1.54, 1.807) is 19.1 Å². The zero-order chi connectivity index (χ0) is 20.0. The van der Waals surface area contributed by atoms with Gasteiger partial charge in [-0.1, -0.05) is 42.5 Å². The Bertz CT molecular complexity index is 1220. The molecule has 4 heteroatoms. The van der Waals surface area contributed by atoms with Crippen molar-refractivity contribution in [2.45, 2.75) is 38.8 Å². The van der Waals surface area contributed by atoms with Crippen molar-refractivity contribution in [3.05, 3.63) is 83.3 Å². The predicted molar refractivity (Wildman–Crippen MR) is 114 cm³/mol. The maximum absolute atomic E-state index is 13.8. The van der Waals surface area contributed by atoms with E-state index in [9.17, 15) is 9.18 Å². The molecule has 5 rings (SSSR count). The molecule has 0 fully saturated rings. The molecule has 1 aromatic heterocycles. The van der Waals surface area contributed by atoms with Crippen molar-refractivity contribution >= 4 is 27.6 Å². The van der Waals surface area contributed by atoms with Gasteiger partial charge in [-0.2, -0.15) is 0 Å². The van der Waals surface area contributed by atoms with Crippen molar-refractivity contribution in [2.75, 3.05) is 0 Å². The molecule has 1 N–H and O–H groups in total. The Morgan fingerprint density at radius 3 is 2.79 bits per heavy atom. The summed E-state index contributed by atoms with van der Waals surface area (Å²) in [5.74, 6) is -0.141. The van der Waals surface area contributed by atoms with E-state index in [1.807, 2.05) is 17.0 Å². The summed E-state index contributed by atoms with van der Waals surface area (Å²) >= 11 is 0. The van der Waals surface area contributed by atoms with Gasteiger partial charge in [-0.25, -0.2) is 4.39 Å². The number of carbonyl (C=O) groups is 1. The van der Waals surface area contributed by atoms with E-state index in [4.69, 9.17) is 0 Å². The number of rotatable bonds is 3. The Hall–Kier alpha value is -3.14. The number of hydrogen-bond donors (Lipinski definition) is 1. The highest BCUT2D eigenvalue weighted by Gasteiger charge is 2.28. The van der Waals surface area contributed by atoms with Gasteiger partial charge in [0, 0.05) is 36.1 Å². The molecular formula is C25H23FN2O. The second-order valence-corrected chi connectivity index (χ2v) is 7.95. The summed E-state index contributed by atoms with van der Waals surface area (Å²) < 4.78 is 13.8. The van der Waals surface area contributed by atoms with Crippen LogP contribution in [0.5, 0.6) is 0 Å². The molecular weight excluding hydrogens is 363 g/mol. The lowest BCUT2D eigenvalue weighted by atomic mass is 9.90. The van der Waals surface area contributed by atoms with E-state index in [2.05, 4.69) is 35.3 Å². The van der Waals surface area contributed by atoms with Crippen LogP contribution < -0.4 is 0 Å². The Morgan fingerprint density at radius 1 is 1.10 bits per heavy atom. The van der Waals surface area contributed by atoms with Crippen LogP contribution in [0.25, 0.3) is 21.7 Å². The molecule has 0 spiro atoms. The van der Waals surface area contributed by atoms with E-state index in [1.165, 1.54) is 22.5 Å². The second kappa shape index (κ2) is 7.03.